The van der Waals surface area contributed by atoms with Crippen molar-refractivity contribution >= 4 is 29.1 Å². The lowest BCUT2D eigenvalue weighted by atomic mass is 9.82. The van der Waals surface area contributed by atoms with Crippen molar-refractivity contribution in [2.24, 2.45) is 5.73 Å². The fraction of sp³-hybridized carbons (Fsp3) is 0.556. The zero-order chi connectivity index (χ0) is 21.3. The summed E-state index contributed by atoms with van der Waals surface area (Å²) in [5, 5.41) is 9.65. The molecule has 1 aliphatic heterocycles. The molecule has 1 fully saturated rings. The Hall–Kier alpha value is -2.86. The summed E-state index contributed by atoms with van der Waals surface area (Å²) in [6.07, 6.45) is 3.81. The summed E-state index contributed by atoms with van der Waals surface area (Å²) in [5.41, 5.74) is 6.05. The van der Waals surface area contributed by atoms with Crippen molar-refractivity contribution in [3.05, 3.63) is 27.8 Å². The summed E-state index contributed by atoms with van der Waals surface area (Å²) in [6, 6.07) is -0.871. The van der Waals surface area contributed by atoms with Crippen LogP contribution in [0.15, 0.2) is 10.9 Å². The SMILES string of the molecule is CN1CCc2nc(C(=O)N[C@@H]3C[C@@H](c4ncno4)CC[C@@H]3NC(=O)C(N)=O)sc2C1. The van der Waals surface area contributed by atoms with Crippen molar-refractivity contribution in [2.75, 3.05) is 13.6 Å². The van der Waals surface area contributed by atoms with Gasteiger partial charge >= 0.3 is 11.8 Å². The lowest BCUT2D eigenvalue weighted by molar-refractivity contribution is -0.138. The second-order valence-electron chi connectivity index (χ2n) is 7.69. The van der Waals surface area contributed by atoms with Crippen LogP contribution in [0.3, 0.4) is 0 Å². The van der Waals surface area contributed by atoms with E-state index in [9.17, 15) is 14.4 Å². The summed E-state index contributed by atoms with van der Waals surface area (Å²) in [4.78, 5) is 47.9. The molecule has 0 spiro atoms. The van der Waals surface area contributed by atoms with E-state index < -0.39 is 23.9 Å². The molecular weight excluding hydrogens is 410 g/mol. The number of thiazole rings is 1. The zero-order valence-corrected chi connectivity index (χ0v) is 17.3. The molecule has 2 aromatic heterocycles. The number of likely N-dealkylation sites (N-methyl/N-ethyl adjacent to an activating group) is 1. The average molecular weight is 433 g/mol. The highest BCUT2D eigenvalue weighted by Gasteiger charge is 2.36. The molecule has 30 heavy (non-hydrogen) atoms. The number of primary amides is 1. The molecule has 0 unspecified atom stereocenters. The fourth-order valence-electron chi connectivity index (χ4n) is 3.98. The molecule has 4 N–H and O–H groups in total. The van der Waals surface area contributed by atoms with Crippen molar-refractivity contribution in [3.63, 3.8) is 0 Å². The fourth-order valence-corrected chi connectivity index (χ4v) is 5.07. The van der Waals surface area contributed by atoms with E-state index >= 15 is 0 Å². The number of amides is 3. The minimum absolute atomic E-state index is 0.0577. The third-order valence-corrected chi connectivity index (χ3v) is 6.63. The maximum atomic E-state index is 12.9. The second-order valence-corrected chi connectivity index (χ2v) is 8.77. The molecule has 1 aliphatic carbocycles. The van der Waals surface area contributed by atoms with Gasteiger partial charge in [-0.25, -0.2) is 4.98 Å². The number of hydrogen-bond acceptors (Lipinski definition) is 9. The Labute approximate surface area is 176 Å². The van der Waals surface area contributed by atoms with Crippen LogP contribution in [0.1, 0.15) is 51.4 Å². The molecule has 11 nitrogen and oxygen atoms in total. The van der Waals surface area contributed by atoms with Crippen molar-refractivity contribution < 1.29 is 18.9 Å². The number of carbonyl (C=O) groups is 3. The van der Waals surface area contributed by atoms with Gasteiger partial charge in [0.2, 0.25) is 5.89 Å². The number of rotatable bonds is 4. The van der Waals surface area contributed by atoms with E-state index in [0.29, 0.717) is 30.2 Å². The molecule has 3 amide bonds. The van der Waals surface area contributed by atoms with Crippen molar-refractivity contribution in [1.29, 1.82) is 0 Å². The first kappa shape index (κ1) is 20.4. The van der Waals surface area contributed by atoms with Crippen molar-refractivity contribution in [2.45, 2.75) is 50.2 Å². The number of carbonyl (C=O) groups excluding carboxylic acids is 3. The predicted octanol–water partition coefficient (Wildman–Crippen LogP) is -0.450. The zero-order valence-electron chi connectivity index (χ0n) is 16.5. The number of nitrogens with two attached hydrogens (primary N) is 1. The van der Waals surface area contributed by atoms with E-state index in [4.69, 9.17) is 10.3 Å². The molecular formula is C18H23N7O4S. The van der Waals surface area contributed by atoms with E-state index in [2.05, 4.69) is 30.7 Å². The van der Waals surface area contributed by atoms with Gasteiger partial charge in [-0.2, -0.15) is 4.98 Å². The maximum Gasteiger partial charge on any atom is 0.309 e. The number of nitrogens with one attached hydrogen (secondary N) is 2. The van der Waals surface area contributed by atoms with Crippen LogP contribution in [0.25, 0.3) is 0 Å². The molecule has 0 aromatic carbocycles. The Morgan fingerprint density at radius 2 is 2.10 bits per heavy atom. The molecule has 4 rings (SSSR count). The molecule has 3 heterocycles. The Morgan fingerprint density at radius 3 is 2.83 bits per heavy atom. The standard InChI is InChI=1S/C18H23N7O4S/c1-25-5-4-11-13(7-25)30-18(24-11)16(28)23-12-6-9(17-20-8-21-29-17)2-3-10(12)22-15(27)14(19)26/h8-10,12H,2-7H2,1H3,(H2,19,26)(H,22,27)(H,23,28)/t9-,10-,12+/m0/s1. The van der Waals surface area contributed by atoms with Gasteiger partial charge in [0.05, 0.1) is 11.7 Å². The Balaban J connectivity index is 1.50. The van der Waals surface area contributed by atoms with Crippen molar-refractivity contribution in [3.8, 4) is 0 Å². The Morgan fingerprint density at radius 1 is 1.27 bits per heavy atom. The lowest BCUT2D eigenvalue weighted by Crippen LogP contribution is -2.56. The maximum absolute atomic E-state index is 12.9. The van der Waals surface area contributed by atoms with Crippen LogP contribution in [0, 0.1) is 0 Å². The minimum atomic E-state index is -1.06. The summed E-state index contributed by atoms with van der Waals surface area (Å²) in [5.74, 6) is -1.80. The first-order chi connectivity index (χ1) is 14.4. The molecule has 0 radical (unpaired) electrons. The highest BCUT2D eigenvalue weighted by molar-refractivity contribution is 7.13. The molecule has 2 aromatic rings. The monoisotopic (exact) mass is 433 g/mol. The van der Waals surface area contributed by atoms with Crippen LogP contribution in [-0.4, -0.2) is 63.4 Å². The molecule has 2 aliphatic rings. The lowest BCUT2D eigenvalue weighted by Gasteiger charge is -2.35. The number of fused-ring (bicyclic) bond motifs is 1. The predicted molar refractivity (Wildman–Crippen MR) is 105 cm³/mol. The van der Waals surface area contributed by atoms with Gasteiger partial charge < -0.3 is 25.8 Å². The van der Waals surface area contributed by atoms with Gasteiger partial charge in [0.1, 0.15) is 0 Å². The van der Waals surface area contributed by atoms with Crippen LogP contribution < -0.4 is 16.4 Å². The smallest absolute Gasteiger partial charge is 0.309 e. The van der Waals surface area contributed by atoms with Crippen LogP contribution in [0.4, 0.5) is 0 Å². The summed E-state index contributed by atoms with van der Waals surface area (Å²) < 4.78 is 5.18. The van der Waals surface area contributed by atoms with E-state index in [-0.39, 0.29) is 11.8 Å². The minimum Gasteiger partial charge on any atom is -0.361 e. The Kier molecular flexibility index (Phi) is 5.77. The summed E-state index contributed by atoms with van der Waals surface area (Å²) in [6.45, 7) is 1.69. The van der Waals surface area contributed by atoms with E-state index in [0.717, 1.165) is 30.1 Å². The molecule has 12 heteroatoms. The van der Waals surface area contributed by atoms with Gasteiger partial charge in [0, 0.05) is 36.3 Å². The topological polar surface area (TPSA) is 156 Å². The van der Waals surface area contributed by atoms with Crippen LogP contribution >= 0.6 is 11.3 Å². The van der Waals surface area contributed by atoms with Crippen LogP contribution in [0.2, 0.25) is 0 Å². The molecule has 3 atom stereocenters. The normalized spacial score (nSPS) is 24.1. The van der Waals surface area contributed by atoms with Crippen LogP contribution in [0.5, 0.6) is 0 Å². The number of hydrogen-bond donors (Lipinski definition) is 3. The molecule has 1 saturated carbocycles. The van der Waals surface area contributed by atoms with Gasteiger partial charge in [-0.05, 0) is 26.3 Å². The largest absolute Gasteiger partial charge is 0.361 e. The number of aromatic nitrogens is 3. The van der Waals surface area contributed by atoms with Gasteiger partial charge in [-0.1, -0.05) is 5.16 Å². The molecule has 160 valence electrons. The van der Waals surface area contributed by atoms with E-state index in [1.165, 1.54) is 17.7 Å². The molecule has 0 bridgehead atoms. The third-order valence-electron chi connectivity index (χ3n) is 5.55. The quantitative estimate of drug-likeness (QED) is 0.547. The van der Waals surface area contributed by atoms with Gasteiger partial charge in [-0.3, -0.25) is 14.4 Å². The highest BCUT2D eigenvalue weighted by Crippen LogP contribution is 2.32. The van der Waals surface area contributed by atoms with E-state index in [1.54, 1.807) is 0 Å². The second kappa shape index (κ2) is 8.48. The van der Waals surface area contributed by atoms with Gasteiger partial charge in [0.25, 0.3) is 5.91 Å². The molecule has 0 saturated heterocycles. The first-order valence-corrected chi connectivity index (χ1v) is 10.6. The first-order valence-electron chi connectivity index (χ1n) is 9.75. The van der Waals surface area contributed by atoms with E-state index in [1.807, 2.05) is 7.05 Å². The average Bonchev–Trinajstić information content (AvgIpc) is 3.38. The third kappa shape index (κ3) is 4.33. The number of nitrogens with zero attached hydrogens (tertiary/aromatic N) is 4. The summed E-state index contributed by atoms with van der Waals surface area (Å²) >= 11 is 1.39. The van der Waals surface area contributed by atoms with Gasteiger partial charge in [0.15, 0.2) is 11.3 Å². The van der Waals surface area contributed by atoms with Crippen LogP contribution in [-0.2, 0) is 22.6 Å². The van der Waals surface area contributed by atoms with Crippen molar-refractivity contribution in [1.82, 2.24) is 30.7 Å². The van der Waals surface area contributed by atoms with Gasteiger partial charge in [-0.15, -0.1) is 11.3 Å². The highest BCUT2D eigenvalue weighted by atomic mass is 32.1. The Bertz CT molecular complexity index is 944. The summed E-state index contributed by atoms with van der Waals surface area (Å²) in [7, 11) is 2.04.